The number of hydrogen-bond acceptors (Lipinski definition) is 1. The predicted molar refractivity (Wildman–Crippen MR) is 0.686 cm³/mol. The first kappa shape index (κ1) is 27.7. The van der Waals surface area contributed by atoms with Gasteiger partial charge in [-0.2, -0.15) is 0 Å². The van der Waals surface area contributed by atoms with Gasteiger partial charge in [-0.15, -0.1) is 0 Å². The molecule has 0 aliphatic rings. The van der Waals surface area contributed by atoms with Crippen molar-refractivity contribution in [3.8, 4) is 0 Å². The second kappa shape index (κ2) is 36.6. The van der Waals surface area contributed by atoms with Crippen LogP contribution in [0.2, 0.25) is 0 Å². The summed E-state index contributed by atoms with van der Waals surface area (Å²) in [5, 5.41) is 0. The first-order valence-electron chi connectivity index (χ1n) is 0.123. The topological polar surface area (TPSA) is 17.1 Å². The molecule has 0 fully saturated rings. The van der Waals surface area contributed by atoms with Gasteiger partial charge in [0.25, 0.3) is 0 Å². The van der Waals surface area contributed by atoms with Gasteiger partial charge >= 0.3 is 24.3 Å². The molecule has 2 radical (unpaired) electrons. The van der Waals surface area contributed by atoms with Gasteiger partial charge in [0.05, 0.1) is 0 Å². The molecule has 0 aromatic heterocycles. The molecule has 0 amide bonds. The summed E-state index contributed by atoms with van der Waals surface area (Å²) in [6, 6.07) is 0. The Kier molecular flexibility index (Phi) is 203. The summed E-state index contributed by atoms with van der Waals surface area (Å²) in [5.41, 5.74) is 0. The molecule has 0 rings (SSSR count). The van der Waals surface area contributed by atoms with Crippen molar-refractivity contribution in [1.82, 2.24) is 0 Å². The minimum absolute atomic E-state index is 0. The van der Waals surface area contributed by atoms with Crippen LogP contribution in [-0.4, -0.2) is 0 Å². The SMILES string of the molecule is [Co].[Mn].[Ni].[O]=[Ag]. The zero-order valence-electron chi connectivity index (χ0n) is 1.74. The Balaban J connectivity index is -0.00000000167. The van der Waals surface area contributed by atoms with Gasteiger partial charge in [-0.05, 0) is 0 Å². The fourth-order valence-electron chi connectivity index (χ4n) is 0. The molecule has 0 atom stereocenters. The van der Waals surface area contributed by atoms with Crippen LogP contribution in [0.15, 0.2) is 0 Å². The Morgan fingerprint density at radius 2 is 1.20 bits per heavy atom. The van der Waals surface area contributed by atoms with Gasteiger partial charge in [-0.25, -0.2) is 0 Å². The third-order valence-electron chi connectivity index (χ3n) is 0. The molecule has 0 N–H and O–H groups in total. The molecule has 1 nitrogen and oxygen atoms in total. The van der Waals surface area contributed by atoms with E-state index in [-0.39, 0.29) is 50.3 Å². The maximum absolute atomic E-state index is 8.06. The second-order valence-corrected chi connectivity index (χ2v) is 0. The van der Waals surface area contributed by atoms with E-state index in [1.54, 1.807) is 21.0 Å². The van der Waals surface area contributed by atoms with Gasteiger partial charge in [0.1, 0.15) is 0 Å². The molecule has 0 heterocycles. The zero-order chi connectivity index (χ0) is 2.00. The molecule has 0 aliphatic heterocycles. The van der Waals surface area contributed by atoms with Gasteiger partial charge < -0.3 is 0 Å². The molecule has 0 unspecified atom stereocenters. The third-order valence-corrected chi connectivity index (χ3v) is 0. The molecule has 0 saturated carbocycles. The molecule has 0 spiro atoms. The fraction of sp³-hybridized carbons (Fsp3) is 0. The summed E-state index contributed by atoms with van der Waals surface area (Å²) < 4.78 is 8.06. The van der Waals surface area contributed by atoms with E-state index in [2.05, 4.69) is 0 Å². The van der Waals surface area contributed by atoms with Crippen molar-refractivity contribution in [3.05, 3.63) is 0 Å². The van der Waals surface area contributed by atoms with Crippen LogP contribution < -0.4 is 0 Å². The van der Waals surface area contributed by atoms with E-state index in [0.29, 0.717) is 0 Å². The monoisotopic (exact) mass is 295 g/mol. The number of rotatable bonds is 0. The average molecular weight is 296 g/mol. The van der Waals surface area contributed by atoms with Crippen molar-refractivity contribution < 1.29 is 74.6 Å². The van der Waals surface area contributed by atoms with Crippen molar-refractivity contribution >= 4 is 0 Å². The quantitative estimate of drug-likeness (QED) is 0.569. The molecule has 43 valence electrons. The van der Waals surface area contributed by atoms with E-state index < -0.39 is 0 Å². The summed E-state index contributed by atoms with van der Waals surface area (Å²) in [4.78, 5) is 0. The van der Waals surface area contributed by atoms with Gasteiger partial charge in [0.2, 0.25) is 0 Å². The fourth-order valence-corrected chi connectivity index (χ4v) is 0. The second-order valence-electron chi connectivity index (χ2n) is 0. The zero-order valence-corrected chi connectivity index (χ0v) is 6.43. The van der Waals surface area contributed by atoms with Crippen LogP contribution in [0.25, 0.3) is 0 Å². The molecule has 5 heteroatoms. The van der Waals surface area contributed by atoms with E-state index >= 15 is 0 Å². The summed E-state index contributed by atoms with van der Waals surface area (Å²) in [6.07, 6.45) is 0. The molecule has 0 saturated heterocycles. The Morgan fingerprint density at radius 1 is 1.20 bits per heavy atom. The molecular weight excluding hydrogens is 296 g/mol. The maximum atomic E-state index is 8.06. The van der Waals surface area contributed by atoms with Crippen LogP contribution >= 0.6 is 0 Å². The normalized spacial score (nSPS) is 1.20. The van der Waals surface area contributed by atoms with Gasteiger partial charge in [0, 0.05) is 50.3 Å². The number of hydrogen-bond donors (Lipinski definition) is 0. The van der Waals surface area contributed by atoms with E-state index in [1.165, 1.54) is 0 Å². The van der Waals surface area contributed by atoms with Crippen molar-refractivity contribution in [3.63, 3.8) is 0 Å². The summed E-state index contributed by atoms with van der Waals surface area (Å²) in [5.74, 6) is 0. The van der Waals surface area contributed by atoms with E-state index in [0.717, 1.165) is 0 Å². The van der Waals surface area contributed by atoms with Crippen molar-refractivity contribution in [1.29, 1.82) is 0 Å². The van der Waals surface area contributed by atoms with E-state index in [4.69, 9.17) is 3.25 Å². The molecule has 0 aromatic rings. The Hall–Kier alpha value is 2.06. The van der Waals surface area contributed by atoms with Gasteiger partial charge in [0.15, 0.2) is 0 Å². The molecular formula is AgCoMnNiO. The molecule has 5 heavy (non-hydrogen) atoms. The van der Waals surface area contributed by atoms with Crippen LogP contribution in [0.1, 0.15) is 0 Å². The summed E-state index contributed by atoms with van der Waals surface area (Å²) in [7, 11) is 0. The van der Waals surface area contributed by atoms with Crippen LogP contribution in [0.3, 0.4) is 0 Å². The Bertz CT molecular complexity index is 11.6. The average Bonchev–Trinajstić information content (AvgIpc) is 1.00. The Labute approximate surface area is 73.9 Å². The van der Waals surface area contributed by atoms with Crippen molar-refractivity contribution in [2.75, 3.05) is 0 Å². The van der Waals surface area contributed by atoms with E-state index in [9.17, 15) is 0 Å². The first-order chi connectivity index (χ1) is 1.00. The van der Waals surface area contributed by atoms with Crippen LogP contribution in [0.4, 0.5) is 0 Å². The van der Waals surface area contributed by atoms with Crippen molar-refractivity contribution in [2.45, 2.75) is 0 Å². The molecule has 0 aromatic carbocycles. The molecule has 0 bridgehead atoms. The van der Waals surface area contributed by atoms with Crippen LogP contribution in [0, 0.1) is 0 Å². The predicted octanol–water partition coefficient (Wildman–Crippen LogP) is -0.129. The van der Waals surface area contributed by atoms with Crippen LogP contribution in [-0.2, 0) is 74.6 Å². The van der Waals surface area contributed by atoms with E-state index in [1.807, 2.05) is 0 Å². The van der Waals surface area contributed by atoms with Crippen LogP contribution in [0.5, 0.6) is 0 Å². The first-order valence-corrected chi connectivity index (χ1v) is 0.728. The Morgan fingerprint density at radius 3 is 1.20 bits per heavy atom. The third kappa shape index (κ3) is 23.5. The van der Waals surface area contributed by atoms with Gasteiger partial charge in [-0.3, -0.25) is 0 Å². The standard InChI is InChI=1S/Ag.Co.Mn.Ni.O. The van der Waals surface area contributed by atoms with Gasteiger partial charge in [-0.1, -0.05) is 0 Å². The summed E-state index contributed by atoms with van der Waals surface area (Å²) >= 11 is 1.70. The van der Waals surface area contributed by atoms with Crippen molar-refractivity contribution in [2.24, 2.45) is 0 Å². The minimum atomic E-state index is 0. The summed E-state index contributed by atoms with van der Waals surface area (Å²) in [6.45, 7) is 0. The molecule has 0 aliphatic carbocycles.